The van der Waals surface area contributed by atoms with Gasteiger partial charge in [0, 0.05) is 19.1 Å². The number of nitrogens with zero attached hydrogens (tertiary/aromatic N) is 1. The molecule has 1 aliphatic heterocycles. The van der Waals surface area contributed by atoms with Crippen LogP contribution in [0.4, 0.5) is 13.2 Å². The molecule has 1 saturated heterocycles. The summed E-state index contributed by atoms with van der Waals surface area (Å²) in [6.45, 7) is 1.77. The van der Waals surface area contributed by atoms with Crippen molar-refractivity contribution in [2.24, 2.45) is 0 Å². The number of hydrogen-bond donors (Lipinski definition) is 1. The Hall–Kier alpha value is -0.290. The van der Waals surface area contributed by atoms with Gasteiger partial charge in [-0.3, -0.25) is 0 Å². The van der Waals surface area contributed by atoms with Crippen LogP contribution < -0.4 is 5.32 Å². The van der Waals surface area contributed by atoms with Crippen LogP contribution in [0.1, 0.15) is 19.3 Å². The molecule has 1 unspecified atom stereocenters. The predicted molar refractivity (Wildman–Crippen MR) is 49.2 cm³/mol. The zero-order valence-corrected chi connectivity index (χ0v) is 8.40. The first-order valence-corrected chi connectivity index (χ1v) is 4.97. The molecule has 84 valence electrons. The summed E-state index contributed by atoms with van der Waals surface area (Å²) in [5, 5.41) is 2.85. The van der Waals surface area contributed by atoms with E-state index in [1.165, 1.54) is 0 Å². The number of likely N-dealkylation sites (tertiary alicyclic amines) is 1. The highest BCUT2D eigenvalue weighted by atomic mass is 19.4. The maximum Gasteiger partial charge on any atom is 0.390 e. The van der Waals surface area contributed by atoms with E-state index in [1.54, 1.807) is 0 Å². The smallest absolute Gasteiger partial charge is 0.315 e. The van der Waals surface area contributed by atoms with Crippen LogP contribution >= 0.6 is 0 Å². The van der Waals surface area contributed by atoms with Crippen LogP contribution in [0.3, 0.4) is 0 Å². The van der Waals surface area contributed by atoms with Gasteiger partial charge in [0.2, 0.25) is 0 Å². The molecule has 0 saturated carbocycles. The van der Waals surface area contributed by atoms with Gasteiger partial charge in [0.05, 0.1) is 6.42 Å². The lowest BCUT2D eigenvalue weighted by Crippen LogP contribution is -2.36. The van der Waals surface area contributed by atoms with Crippen molar-refractivity contribution in [1.29, 1.82) is 0 Å². The first-order chi connectivity index (χ1) is 6.49. The van der Waals surface area contributed by atoms with E-state index in [4.69, 9.17) is 0 Å². The molecule has 1 atom stereocenters. The summed E-state index contributed by atoms with van der Waals surface area (Å²) in [5.74, 6) is 0. The molecule has 1 N–H and O–H groups in total. The first-order valence-electron chi connectivity index (χ1n) is 4.97. The minimum atomic E-state index is -4.03. The molecule has 0 radical (unpaired) electrons. The van der Waals surface area contributed by atoms with Gasteiger partial charge in [0.1, 0.15) is 0 Å². The Labute approximate surface area is 82.5 Å². The second-order valence-corrected chi connectivity index (χ2v) is 3.85. The summed E-state index contributed by atoms with van der Waals surface area (Å²) in [6.07, 6.45) is -2.52. The van der Waals surface area contributed by atoms with E-state index < -0.39 is 12.6 Å². The van der Waals surface area contributed by atoms with E-state index in [9.17, 15) is 13.2 Å². The zero-order valence-electron chi connectivity index (χ0n) is 8.40. The third-order valence-corrected chi connectivity index (χ3v) is 2.64. The fourth-order valence-electron chi connectivity index (χ4n) is 1.74. The molecular formula is C9H17F3N2. The molecule has 0 aliphatic carbocycles. The topological polar surface area (TPSA) is 15.3 Å². The van der Waals surface area contributed by atoms with Gasteiger partial charge in [-0.05, 0) is 26.4 Å². The number of hydrogen-bond acceptors (Lipinski definition) is 2. The molecule has 1 heterocycles. The minimum absolute atomic E-state index is 0.0356. The molecule has 0 aromatic rings. The van der Waals surface area contributed by atoms with E-state index in [-0.39, 0.29) is 6.54 Å². The quantitative estimate of drug-likeness (QED) is 0.709. The van der Waals surface area contributed by atoms with Gasteiger partial charge < -0.3 is 10.2 Å². The lowest BCUT2D eigenvalue weighted by Gasteiger charge is -2.19. The molecule has 0 aromatic carbocycles. The van der Waals surface area contributed by atoms with E-state index in [1.807, 2.05) is 7.05 Å². The highest BCUT2D eigenvalue weighted by Crippen LogP contribution is 2.18. The molecule has 0 spiro atoms. The average molecular weight is 210 g/mol. The van der Waals surface area contributed by atoms with Crippen LogP contribution in [0.5, 0.6) is 0 Å². The highest BCUT2D eigenvalue weighted by molar-refractivity contribution is 4.78. The largest absolute Gasteiger partial charge is 0.390 e. The van der Waals surface area contributed by atoms with Gasteiger partial charge in [-0.1, -0.05) is 0 Å². The highest BCUT2D eigenvalue weighted by Gasteiger charge is 2.26. The van der Waals surface area contributed by atoms with Crippen molar-refractivity contribution < 1.29 is 13.2 Å². The summed E-state index contributed by atoms with van der Waals surface area (Å²) in [4.78, 5) is 2.20. The monoisotopic (exact) mass is 210 g/mol. The molecule has 0 aromatic heterocycles. The number of likely N-dealkylation sites (N-methyl/N-ethyl adjacent to an activating group) is 1. The van der Waals surface area contributed by atoms with Crippen molar-refractivity contribution in [3.63, 3.8) is 0 Å². The van der Waals surface area contributed by atoms with Crippen molar-refractivity contribution in [1.82, 2.24) is 10.2 Å². The van der Waals surface area contributed by atoms with Crippen LogP contribution in [-0.2, 0) is 0 Å². The summed E-state index contributed by atoms with van der Waals surface area (Å²) < 4.78 is 35.3. The molecular weight excluding hydrogens is 193 g/mol. The van der Waals surface area contributed by atoms with Crippen LogP contribution in [0.2, 0.25) is 0 Å². The molecule has 1 fully saturated rings. The van der Waals surface area contributed by atoms with Gasteiger partial charge in [0.15, 0.2) is 0 Å². The lowest BCUT2D eigenvalue weighted by molar-refractivity contribution is -0.133. The SMILES string of the molecule is CN1CCCC1CNCCC(F)(F)F. The fourth-order valence-corrected chi connectivity index (χ4v) is 1.74. The molecule has 2 nitrogen and oxygen atoms in total. The molecule has 5 heteroatoms. The first kappa shape index (κ1) is 11.8. The summed E-state index contributed by atoms with van der Waals surface area (Å²) in [5.41, 5.74) is 0. The van der Waals surface area contributed by atoms with Gasteiger partial charge in [-0.2, -0.15) is 13.2 Å². The summed E-state index contributed by atoms with van der Waals surface area (Å²) in [6, 6.07) is 0.420. The maximum atomic E-state index is 11.8. The summed E-state index contributed by atoms with van der Waals surface area (Å²) in [7, 11) is 2.02. The van der Waals surface area contributed by atoms with Crippen molar-refractivity contribution in [3.8, 4) is 0 Å². The Bertz CT molecular complexity index is 170. The van der Waals surface area contributed by atoms with E-state index in [2.05, 4.69) is 10.2 Å². The third kappa shape index (κ3) is 4.28. The standard InChI is InChI=1S/C9H17F3N2/c1-14-6-2-3-8(14)7-13-5-4-9(10,11)12/h8,13H,2-7H2,1H3. The Kier molecular flexibility index (Phi) is 4.19. The second kappa shape index (κ2) is 4.98. The number of halogens is 3. The van der Waals surface area contributed by atoms with Crippen molar-refractivity contribution in [2.45, 2.75) is 31.5 Å². The summed E-state index contributed by atoms with van der Waals surface area (Å²) >= 11 is 0. The van der Waals surface area contributed by atoms with Gasteiger partial charge in [-0.25, -0.2) is 0 Å². The van der Waals surface area contributed by atoms with Gasteiger partial charge in [0.25, 0.3) is 0 Å². The van der Waals surface area contributed by atoms with Gasteiger partial charge in [-0.15, -0.1) is 0 Å². The van der Waals surface area contributed by atoms with Crippen LogP contribution in [-0.4, -0.2) is 43.8 Å². The van der Waals surface area contributed by atoms with Crippen LogP contribution in [0.15, 0.2) is 0 Å². The fraction of sp³-hybridized carbons (Fsp3) is 1.00. The predicted octanol–water partition coefficient (Wildman–Crippen LogP) is 1.62. The average Bonchev–Trinajstić information content (AvgIpc) is 2.44. The van der Waals surface area contributed by atoms with Gasteiger partial charge >= 0.3 is 6.18 Å². The molecule has 14 heavy (non-hydrogen) atoms. The van der Waals surface area contributed by atoms with Crippen molar-refractivity contribution in [3.05, 3.63) is 0 Å². The van der Waals surface area contributed by atoms with Crippen LogP contribution in [0.25, 0.3) is 0 Å². The van der Waals surface area contributed by atoms with E-state index in [0.29, 0.717) is 12.6 Å². The Morgan fingerprint density at radius 3 is 2.64 bits per heavy atom. The zero-order chi connectivity index (χ0) is 10.6. The molecule has 0 amide bonds. The van der Waals surface area contributed by atoms with Crippen LogP contribution in [0, 0.1) is 0 Å². The second-order valence-electron chi connectivity index (χ2n) is 3.85. The normalized spacial score (nSPS) is 24.4. The Morgan fingerprint density at radius 2 is 2.14 bits per heavy atom. The van der Waals surface area contributed by atoms with Crippen molar-refractivity contribution >= 4 is 0 Å². The number of nitrogens with one attached hydrogen (secondary N) is 1. The van der Waals surface area contributed by atoms with E-state index in [0.717, 1.165) is 19.4 Å². The number of rotatable bonds is 4. The molecule has 0 bridgehead atoms. The lowest BCUT2D eigenvalue weighted by atomic mass is 10.2. The Balaban J connectivity index is 2.04. The Morgan fingerprint density at radius 1 is 1.43 bits per heavy atom. The minimum Gasteiger partial charge on any atom is -0.315 e. The van der Waals surface area contributed by atoms with E-state index >= 15 is 0 Å². The maximum absolute atomic E-state index is 11.8. The molecule has 1 rings (SSSR count). The molecule has 1 aliphatic rings. The number of alkyl halides is 3. The van der Waals surface area contributed by atoms with Crippen molar-refractivity contribution in [2.75, 3.05) is 26.7 Å². The third-order valence-electron chi connectivity index (χ3n) is 2.64.